The van der Waals surface area contributed by atoms with Gasteiger partial charge < -0.3 is 19.8 Å². The molecule has 0 radical (unpaired) electrons. The molecule has 0 aliphatic carbocycles. The van der Waals surface area contributed by atoms with E-state index in [2.05, 4.69) is 21.2 Å². The summed E-state index contributed by atoms with van der Waals surface area (Å²) in [5, 5.41) is 10.3. The second-order valence-corrected chi connectivity index (χ2v) is 10.2. The minimum Gasteiger partial charge on any atom is -0.463 e. The molecule has 0 bridgehead atoms. The van der Waals surface area contributed by atoms with E-state index in [0.717, 1.165) is 10.9 Å². The Morgan fingerprint density at radius 3 is 2.50 bits per heavy atom. The number of hydrazone groups is 1. The summed E-state index contributed by atoms with van der Waals surface area (Å²) in [5.41, 5.74) is 4.10. The van der Waals surface area contributed by atoms with Crippen LogP contribution in [0.5, 0.6) is 0 Å². The predicted molar refractivity (Wildman–Crippen MR) is 152 cm³/mol. The van der Waals surface area contributed by atoms with Gasteiger partial charge in [-0.25, -0.2) is 15.0 Å². The maximum atomic E-state index is 13.3. The zero-order valence-corrected chi connectivity index (χ0v) is 22.7. The number of aromatic nitrogens is 1. The molecule has 4 rings (SSSR count). The average Bonchev–Trinajstić information content (AvgIpc) is 3.56. The van der Waals surface area contributed by atoms with Crippen LogP contribution in [0.15, 0.2) is 88.7 Å². The number of hydrogen-bond donors (Lipinski definition) is 3. The lowest BCUT2D eigenvalue weighted by molar-refractivity contribution is -0.122. The van der Waals surface area contributed by atoms with E-state index < -0.39 is 23.8 Å². The molecule has 208 valence electrons. The van der Waals surface area contributed by atoms with Crippen LogP contribution in [0.1, 0.15) is 37.7 Å². The summed E-state index contributed by atoms with van der Waals surface area (Å²) in [5.74, 6) is 0.0978. The first kappa shape index (κ1) is 28.2. The van der Waals surface area contributed by atoms with E-state index in [0.29, 0.717) is 29.8 Å². The van der Waals surface area contributed by atoms with E-state index in [1.807, 2.05) is 48.5 Å². The van der Waals surface area contributed by atoms with Crippen LogP contribution in [-0.2, 0) is 22.4 Å². The summed E-state index contributed by atoms with van der Waals surface area (Å²) in [6, 6.07) is 18.9. The number of carbonyl (C=O) groups is 3. The molecule has 10 nitrogen and oxygen atoms in total. The van der Waals surface area contributed by atoms with Gasteiger partial charge in [-0.1, -0.05) is 48.5 Å². The number of furan rings is 1. The summed E-state index contributed by atoms with van der Waals surface area (Å²) < 4.78 is 12.2. The second-order valence-electron chi connectivity index (χ2n) is 10.2. The third kappa shape index (κ3) is 7.83. The summed E-state index contributed by atoms with van der Waals surface area (Å²) in [6.45, 7) is 5.78. The first-order chi connectivity index (χ1) is 19.2. The van der Waals surface area contributed by atoms with Gasteiger partial charge in [-0.05, 0) is 56.5 Å². The van der Waals surface area contributed by atoms with Gasteiger partial charge in [-0.3, -0.25) is 9.36 Å². The number of benzene rings is 2. The van der Waals surface area contributed by atoms with Crippen molar-refractivity contribution >= 4 is 35.1 Å². The molecule has 0 aliphatic heterocycles. The van der Waals surface area contributed by atoms with E-state index in [1.54, 1.807) is 45.2 Å². The number of carbonyl (C=O) groups excluding carboxylic acids is 3. The van der Waals surface area contributed by atoms with Crippen LogP contribution < -0.4 is 16.1 Å². The summed E-state index contributed by atoms with van der Waals surface area (Å²) >= 11 is 0. The Morgan fingerprint density at radius 1 is 1.02 bits per heavy atom. The fourth-order valence-electron chi connectivity index (χ4n) is 4.11. The monoisotopic (exact) mass is 543 g/mol. The van der Waals surface area contributed by atoms with Gasteiger partial charge in [-0.2, -0.15) is 5.10 Å². The first-order valence-electron chi connectivity index (χ1n) is 13.0. The van der Waals surface area contributed by atoms with Crippen LogP contribution in [0.2, 0.25) is 0 Å². The highest BCUT2D eigenvalue weighted by molar-refractivity contribution is 5.93. The average molecular weight is 544 g/mol. The predicted octanol–water partition coefficient (Wildman–Crippen LogP) is 4.62. The smallest absolute Gasteiger partial charge is 0.419 e. The molecule has 0 unspecified atom stereocenters. The number of para-hydroxylation sites is 1. The zero-order chi connectivity index (χ0) is 28.5. The fourth-order valence-corrected chi connectivity index (χ4v) is 4.11. The SMILES string of the molecule is CC(C)(C)OC(=O)n1cc(C[C@@H](NC(=O)NN=Cc2ccco2)C(=O)NCCc2ccccc2)c2ccccc21. The minimum absolute atomic E-state index is 0.128. The summed E-state index contributed by atoms with van der Waals surface area (Å²) in [6.07, 6.45) is 4.72. The van der Waals surface area contributed by atoms with Crippen LogP contribution in [-0.4, -0.2) is 47.0 Å². The van der Waals surface area contributed by atoms with Crippen molar-refractivity contribution in [3.63, 3.8) is 0 Å². The van der Waals surface area contributed by atoms with Crippen LogP contribution in [0.3, 0.4) is 0 Å². The normalized spacial score (nSPS) is 12.3. The Labute approximate surface area is 232 Å². The molecular weight excluding hydrogens is 510 g/mol. The number of amides is 3. The number of fused-ring (bicyclic) bond motifs is 1. The number of urea groups is 1. The number of hydrogen-bond acceptors (Lipinski definition) is 6. The molecule has 2 heterocycles. The standard InChI is InChI=1S/C30H33N5O5/c1-30(2,3)40-29(38)35-20-22(24-13-7-8-14-26(24)35)18-25(27(36)31-16-15-21-10-5-4-6-11-21)33-28(37)34-32-19-23-12-9-17-39-23/h4-14,17,19-20,25H,15-16,18H2,1-3H3,(H,31,36)(H2,33,34,37)/t25-/m1/s1. The van der Waals surface area contributed by atoms with Crippen LogP contribution in [0, 0.1) is 0 Å². The highest BCUT2D eigenvalue weighted by atomic mass is 16.6. The van der Waals surface area contributed by atoms with Crippen LogP contribution in [0.4, 0.5) is 9.59 Å². The molecule has 3 amide bonds. The Hall–Kier alpha value is -4.86. The number of ether oxygens (including phenoxy) is 1. The van der Waals surface area contributed by atoms with Crippen LogP contribution >= 0.6 is 0 Å². The van der Waals surface area contributed by atoms with Crippen molar-refractivity contribution in [1.82, 2.24) is 20.6 Å². The van der Waals surface area contributed by atoms with Crippen LogP contribution in [0.25, 0.3) is 10.9 Å². The Bertz CT molecular complexity index is 1470. The van der Waals surface area contributed by atoms with Gasteiger partial charge in [0.1, 0.15) is 17.4 Å². The topological polar surface area (TPSA) is 127 Å². The molecule has 0 spiro atoms. The molecule has 40 heavy (non-hydrogen) atoms. The minimum atomic E-state index is -0.951. The van der Waals surface area contributed by atoms with Gasteiger partial charge >= 0.3 is 12.1 Å². The maximum absolute atomic E-state index is 13.3. The lowest BCUT2D eigenvalue weighted by atomic mass is 10.0. The highest BCUT2D eigenvalue weighted by Gasteiger charge is 2.25. The highest BCUT2D eigenvalue weighted by Crippen LogP contribution is 2.24. The summed E-state index contributed by atoms with van der Waals surface area (Å²) in [7, 11) is 0. The molecule has 4 aromatic rings. The van der Waals surface area contributed by atoms with Gasteiger partial charge in [-0.15, -0.1) is 0 Å². The number of nitrogens with one attached hydrogen (secondary N) is 3. The van der Waals surface area contributed by atoms with Crippen molar-refractivity contribution in [1.29, 1.82) is 0 Å². The van der Waals surface area contributed by atoms with Crippen molar-refractivity contribution in [2.75, 3.05) is 6.54 Å². The molecule has 0 saturated heterocycles. The fraction of sp³-hybridized carbons (Fsp3) is 0.267. The van der Waals surface area contributed by atoms with Gasteiger partial charge in [0.15, 0.2) is 0 Å². The molecule has 2 aromatic heterocycles. The molecular formula is C30H33N5O5. The molecule has 0 saturated carbocycles. The zero-order valence-electron chi connectivity index (χ0n) is 22.7. The van der Waals surface area contributed by atoms with Crippen molar-refractivity contribution in [3.8, 4) is 0 Å². The molecule has 10 heteroatoms. The Balaban J connectivity index is 1.53. The quantitative estimate of drug-likeness (QED) is 0.210. The lowest BCUT2D eigenvalue weighted by Gasteiger charge is -2.19. The van der Waals surface area contributed by atoms with E-state index in [-0.39, 0.29) is 12.3 Å². The van der Waals surface area contributed by atoms with E-state index in [1.165, 1.54) is 17.0 Å². The summed E-state index contributed by atoms with van der Waals surface area (Å²) in [4.78, 5) is 38.9. The van der Waals surface area contributed by atoms with Crippen molar-refractivity contribution in [3.05, 3.63) is 96.1 Å². The second kappa shape index (κ2) is 12.8. The number of nitrogens with zero attached hydrogens (tertiary/aromatic N) is 2. The van der Waals surface area contributed by atoms with Gasteiger partial charge in [0.2, 0.25) is 5.91 Å². The largest absolute Gasteiger partial charge is 0.463 e. The molecule has 3 N–H and O–H groups in total. The Morgan fingerprint density at radius 2 is 1.77 bits per heavy atom. The van der Waals surface area contributed by atoms with Gasteiger partial charge in [0.05, 0.1) is 18.0 Å². The van der Waals surface area contributed by atoms with E-state index in [9.17, 15) is 14.4 Å². The van der Waals surface area contributed by atoms with E-state index in [4.69, 9.17) is 9.15 Å². The van der Waals surface area contributed by atoms with Crippen molar-refractivity contribution in [2.24, 2.45) is 5.10 Å². The maximum Gasteiger partial charge on any atom is 0.419 e. The third-order valence-electron chi connectivity index (χ3n) is 5.89. The van der Waals surface area contributed by atoms with Gasteiger partial charge in [0.25, 0.3) is 0 Å². The number of rotatable bonds is 9. The van der Waals surface area contributed by atoms with Crippen molar-refractivity contribution in [2.45, 2.75) is 45.3 Å². The van der Waals surface area contributed by atoms with Gasteiger partial charge in [0, 0.05) is 24.5 Å². The first-order valence-corrected chi connectivity index (χ1v) is 13.0. The third-order valence-corrected chi connectivity index (χ3v) is 5.89. The van der Waals surface area contributed by atoms with Crippen molar-refractivity contribution < 1.29 is 23.5 Å². The Kier molecular flexibility index (Phi) is 9.00. The molecule has 0 aliphatic rings. The molecule has 1 atom stereocenters. The molecule has 2 aromatic carbocycles. The van der Waals surface area contributed by atoms with E-state index >= 15 is 0 Å². The lowest BCUT2D eigenvalue weighted by Crippen LogP contribution is -2.50. The molecule has 0 fully saturated rings.